The van der Waals surface area contributed by atoms with Crippen molar-refractivity contribution >= 4 is 17.0 Å². The van der Waals surface area contributed by atoms with Crippen molar-refractivity contribution in [1.29, 1.82) is 0 Å². The maximum atomic E-state index is 5.64. The van der Waals surface area contributed by atoms with Crippen LogP contribution < -0.4 is 10.6 Å². The van der Waals surface area contributed by atoms with Crippen LogP contribution in [0.4, 0.5) is 5.69 Å². The highest BCUT2D eigenvalue weighted by Crippen LogP contribution is 2.28. The van der Waals surface area contributed by atoms with Gasteiger partial charge in [0.05, 0.1) is 12.2 Å². The maximum Gasteiger partial charge on any atom is 0.107 e. The minimum absolute atomic E-state index is 0.559. The van der Waals surface area contributed by atoms with E-state index in [1.54, 1.807) is 11.3 Å². The summed E-state index contributed by atoms with van der Waals surface area (Å²) >= 11 is 1.76. The molecule has 0 atom stereocenters. The van der Waals surface area contributed by atoms with Crippen molar-refractivity contribution in [2.45, 2.75) is 19.5 Å². The first-order valence-electron chi connectivity index (χ1n) is 5.84. The van der Waals surface area contributed by atoms with Gasteiger partial charge in [-0.1, -0.05) is 18.2 Å². The Bertz CT molecular complexity index is 507. The van der Waals surface area contributed by atoms with Crippen molar-refractivity contribution < 1.29 is 0 Å². The number of aromatic nitrogens is 1. The lowest BCUT2D eigenvalue weighted by molar-refractivity contribution is 0.726. The molecule has 0 radical (unpaired) electrons. The molecule has 1 aliphatic heterocycles. The molecule has 2 heterocycles. The third-order valence-electron chi connectivity index (χ3n) is 3.07. The van der Waals surface area contributed by atoms with E-state index in [-0.39, 0.29) is 0 Å². The van der Waals surface area contributed by atoms with E-state index in [0.717, 1.165) is 24.5 Å². The number of nitrogens with two attached hydrogens (primary N) is 1. The molecule has 4 heteroatoms. The molecule has 0 saturated carbocycles. The largest absolute Gasteiger partial charge is 0.366 e. The Kier molecular flexibility index (Phi) is 2.82. The van der Waals surface area contributed by atoms with Crippen LogP contribution in [0, 0.1) is 0 Å². The summed E-state index contributed by atoms with van der Waals surface area (Å²) in [5.41, 5.74) is 8.19. The van der Waals surface area contributed by atoms with Gasteiger partial charge in [0.2, 0.25) is 0 Å². The summed E-state index contributed by atoms with van der Waals surface area (Å²) in [5, 5.41) is 1.06. The zero-order valence-electron chi connectivity index (χ0n) is 9.60. The highest BCUT2D eigenvalue weighted by atomic mass is 32.1. The lowest BCUT2D eigenvalue weighted by Crippen LogP contribution is -2.29. The van der Waals surface area contributed by atoms with Crippen LogP contribution in [0.5, 0.6) is 0 Å². The topological polar surface area (TPSA) is 42.1 Å². The van der Waals surface area contributed by atoms with Crippen LogP contribution in [0.15, 0.2) is 30.3 Å². The molecule has 1 aliphatic rings. The van der Waals surface area contributed by atoms with E-state index in [4.69, 9.17) is 5.73 Å². The van der Waals surface area contributed by atoms with E-state index < -0.39 is 0 Å². The first kappa shape index (κ1) is 10.7. The smallest absolute Gasteiger partial charge is 0.107 e. The zero-order valence-corrected chi connectivity index (χ0v) is 10.4. The summed E-state index contributed by atoms with van der Waals surface area (Å²) in [6.45, 7) is 2.57. The Hall–Kier alpha value is -1.39. The maximum absolute atomic E-state index is 5.64. The van der Waals surface area contributed by atoms with E-state index in [9.17, 15) is 0 Å². The Morgan fingerprint density at radius 2 is 2.12 bits per heavy atom. The molecule has 0 amide bonds. The minimum atomic E-state index is 0.559. The molecule has 2 N–H and O–H groups in total. The van der Waals surface area contributed by atoms with Gasteiger partial charge in [-0.2, -0.15) is 0 Å². The fourth-order valence-electron chi connectivity index (χ4n) is 2.20. The van der Waals surface area contributed by atoms with Crippen LogP contribution in [0.25, 0.3) is 0 Å². The van der Waals surface area contributed by atoms with E-state index in [1.807, 2.05) is 0 Å². The van der Waals surface area contributed by atoms with Crippen LogP contribution in [-0.4, -0.2) is 11.5 Å². The SMILES string of the molecule is NCc1nc2c(s1)CN(c1ccccc1)CC2. The molecule has 0 spiro atoms. The predicted octanol–water partition coefficient (Wildman–Crippen LogP) is 2.16. The highest BCUT2D eigenvalue weighted by molar-refractivity contribution is 7.11. The summed E-state index contributed by atoms with van der Waals surface area (Å²) in [7, 11) is 0. The fraction of sp³-hybridized carbons (Fsp3) is 0.308. The van der Waals surface area contributed by atoms with Crippen LogP contribution in [-0.2, 0) is 19.5 Å². The second-order valence-electron chi connectivity index (χ2n) is 4.19. The van der Waals surface area contributed by atoms with Crippen LogP contribution in [0.2, 0.25) is 0 Å². The Labute approximate surface area is 105 Å². The Morgan fingerprint density at radius 3 is 2.88 bits per heavy atom. The Balaban J connectivity index is 1.85. The number of anilines is 1. The quantitative estimate of drug-likeness (QED) is 0.881. The molecule has 3 nitrogen and oxygen atoms in total. The van der Waals surface area contributed by atoms with Gasteiger partial charge in [0.25, 0.3) is 0 Å². The molecule has 0 aliphatic carbocycles. The first-order chi connectivity index (χ1) is 8.36. The fourth-order valence-corrected chi connectivity index (χ4v) is 3.20. The van der Waals surface area contributed by atoms with Gasteiger partial charge in [0, 0.05) is 30.1 Å². The van der Waals surface area contributed by atoms with Gasteiger partial charge >= 0.3 is 0 Å². The molecule has 0 saturated heterocycles. The van der Waals surface area contributed by atoms with Gasteiger partial charge in [-0.3, -0.25) is 0 Å². The molecule has 0 bridgehead atoms. The van der Waals surface area contributed by atoms with Gasteiger partial charge in [-0.05, 0) is 12.1 Å². The molecule has 0 fully saturated rings. The molecule has 17 heavy (non-hydrogen) atoms. The van der Waals surface area contributed by atoms with Crippen molar-refractivity contribution in [2.24, 2.45) is 5.73 Å². The van der Waals surface area contributed by atoms with Gasteiger partial charge in [-0.25, -0.2) is 4.98 Å². The molecule has 88 valence electrons. The number of thiazole rings is 1. The predicted molar refractivity (Wildman–Crippen MR) is 71.2 cm³/mol. The number of fused-ring (bicyclic) bond motifs is 1. The molecule has 3 rings (SSSR count). The van der Waals surface area contributed by atoms with E-state index in [2.05, 4.69) is 40.2 Å². The number of para-hydroxylation sites is 1. The number of hydrogen-bond acceptors (Lipinski definition) is 4. The summed E-state index contributed by atoms with van der Waals surface area (Å²) in [4.78, 5) is 8.34. The van der Waals surface area contributed by atoms with Gasteiger partial charge in [-0.15, -0.1) is 11.3 Å². The minimum Gasteiger partial charge on any atom is -0.366 e. The highest BCUT2D eigenvalue weighted by Gasteiger charge is 2.20. The standard InChI is InChI=1S/C13H15N3S/c14-8-13-15-11-6-7-16(9-12(11)17-13)10-4-2-1-3-5-10/h1-5H,6-9,14H2. The second-order valence-corrected chi connectivity index (χ2v) is 5.36. The van der Waals surface area contributed by atoms with E-state index in [1.165, 1.54) is 16.3 Å². The summed E-state index contributed by atoms with van der Waals surface area (Å²) < 4.78 is 0. The average Bonchev–Trinajstić information content (AvgIpc) is 2.81. The monoisotopic (exact) mass is 245 g/mol. The van der Waals surface area contributed by atoms with Gasteiger partial charge in [0.15, 0.2) is 0 Å². The van der Waals surface area contributed by atoms with Crippen molar-refractivity contribution in [3.8, 4) is 0 Å². The summed E-state index contributed by atoms with van der Waals surface area (Å²) in [6.07, 6.45) is 1.03. The zero-order chi connectivity index (χ0) is 11.7. The third-order valence-corrected chi connectivity index (χ3v) is 4.18. The first-order valence-corrected chi connectivity index (χ1v) is 6.66. The number of benzene rings is 1. The summed E-state index contributed by atoms with van der Waals surface area (Å²) in [6, 6.07) is 10.6. The van der Waals surface area contributed by atoms with Crippen LogP contribution in [0.1, 0.15) is 15.6 Å². The van der Waals surface area contributed by atoms with Crippen LogP contribution in [0.3, 0.4) is 0 Å². The third kappa shape index (κ3) is 2.06. The molecule has 0 unspecified atom stereocenters. The molecule has 1 aromatic carbocycles. The molecule has 1 aromatic heterocycles. The second kappa shape index (κ2) is 4.47. The number of hydrogen-bond donors (Lipinski definition) is 1. The molecular formula is C13H15N3S. The molecule has 2 aromatic rings. The van der Waals surface area contributed by atoms with Crippen molar-refractivity contribution in [1.82, 2.24) is 4.98 Å². The normalized spacial score (nSPS) is 14.8. The van der Waals surface area contributed by atoms with Crippen LogP contribution >= 0.6 is 11.3 Å². The van der Waals surface area contributed by atoms with Crippen molar-refractivity contribution in [3.63, 3.8) is 0 Å². The van der Waals surface area contributed by atoms with E-state index in [0.29, 0.717) is 6.54 Å². The van der Waals surface area contributed by atoms with Crippen molar-refractivity contribution in [2.75, 3.05) is 11.4 Å². The lowest BCUT2D eigenvalue weighted by atomic mass is 10.1. The van der Waals surface area contributed by atoms with E-state index >= 15 is 0 Å². The average molecular weight is 245 g/mol. The number of rotatable bonds is 2. The molecular weight excluding hydrogens is 230 g/mol. The lowest BCUT2D eigenvalue weighted by Gasteiger charge is -2.28. The van der Waals surface area contributed by atoms with Crippen molar-refractivity contribution in [3.05, 3.63) is 45.9 Å². The Morgan fingerprint density at radius 1 is 1.29 bits per heavy atom. The van der Waals surface area contributed by atoms with Gasteiger partial charge in [0.1, 0.15) is 5.01 Å². The number of nitrogens with zero attached hydrogens (tertiary/aromatic N) is 2. The van der Waals surface area contributed by atoms with Gasteiger partial charge < -0.3 is 10.6 Å². The summed E-state index contributed by atoms with van der Waals surface area (Å²) in [5.74, 6) is 0.